The van der Waals surface area contributed by atoms with Crippen molar-refractivity contribution in [2.75, 3.05) is 0 Å². The van der Waals surface area contributed by atoms with Crippen LogP contribution in [-0.4, -0.2) is 18.6 Å². The van der Waals surface area contributed by atoms with Crippen molar-refractivity contribution in [3.63, 3.8) is 0 Å². The zero-order valence-corrected chi connectivity index (χ0v) is 16.2. The molecule has 0 spiro atoms. The van der Waals surface area contributed by atoms with Gasteiger partial charge in [0.2, 0.25) is 9.84 Å². The first-order chi connectivity index (χ1) is 14.0. The van der Waals surface area contributed by atoms with Gasteiger partial charge in [-0.05, 0) is 46.5 Å². The van der Waals surface area contributed by atoms with Crippen molar-refractivity contribution >= 4 is 9.84 Å². The first-order valence-corrected chi connectivity index (χ1v) is 10.5. The zero-order valence-electron chi connectivity index (χ0n) is 15.4. The number of sulfone groups is 1. The predicted molar refractivity (Wildman–Crippen MR) is 113 cm³/mol. The Kier molecular flexibility index (Phi) is 4.82. The van der Waals surface area contributed by atoms with E-state index in [1.54, 1.807) is 12.1 Å². The van der Waals surface area contributed by atoms with Gasteiger partial charge >= 0.3 is 0 Å². The SMILES string of the molecule is O=S(=O)(c1cc(-c2ccccc2)ccc1O)c1cc(-c2ccccc2)ccc1O. The highest BCUT2D eigenvalue weighted by Gasteiger charge is 2.26. The molecular weight excluding hydrogens is 384 g/mol. The summed E-state index contributed by atoms with van der Waals surface area (Å²) in [6.07, 6.45) is 0. The second-order valence-corrected chi connectivity index (χ2v) is 8.49. The molecule has 0 saturated heterocycles. The summed E-state index contributed by atoms with van der Waals surface area (Å²) >= 11 is 0. The van der Waals surface area contributed by atoms with Crippen molar-refractivity contribution in [2.45, 2.75) is 9.79 Å². The van der Waals surface area contributed by atoms with Gasteiger partial charge in [-0.3, -0.25) is 0 Å². The van der Waals surface area contributed by atoms with Gasteiger partial charge in [0.1, 0.15) is 21.3 Å². The van der Waals surface area contributed by atoms with Crippen molar-refractivity contribution in [3.05, 3.63) is 97.1 Å². The Morgan fingerprint density at radius 2 is 0.862 bits per heavy atom. The molecule has 4 nitrogen and oxygen atoms in total. The monoisotopic (exact) mass is 402 g/mol. The third-order valence-corrected chi connectivity index (χ3v) is 6.52. The van der Waals surface area contributed by atoms with E-state index in [0.717, 1.165) is 11.1 Å². The summed E-state index contributed by atoms with van der Waals surface area (Å²) < 4.78 is 26.6. The normalized spacial score (nSPS) is 11.3. The second kappa shape index (κ2) is 7.45. The third-order valence-electron chi connectivity index (χ3n) is 4.71. The first kappa shape index (κ1) is 18.8. The molecule has 5 heteroatoms. The van der Waals surface area contributed by atoms with Gasteiger partial charge < -0.3 is 10.2 Å². The van der Waals surface area contributed by atoms with Crippen LogP contribution in [0.15, 0.2) is 107 Å². The molecule has 0 aliphatic carbocycles. The molecule has 0 aliphatic heterocycles. The van der Waals surface area contributed by atoms with Crippen molar-refractivity contribution < 1.29 is 18.6 Å². The highest BCUT2D eigenvalue weighted by molar-refractivity contribution is 7.91. The van der Waals surface area contributed by atoms with Crippen LogP contribution >= 0.6 is 0 Å². The van der Waals surface area contributed by atoms with Gasteiger partial charge in [-0.2, -0.15) is 0 Å². The molecule has 4 aromatic carbocycles. The molecule has 0 aromatic heterocycles. The van der Waals surface area contributed by atoms with Crippen molar-refractivity contribution in [1.29, 1.82) is 0 Å². The molecule has 0 saturated carbocycles. The van der Waals surface area contributed by atoms with Gasteiger partial charge in [0.15, 0.2) is 0 Å². The van der Waals surface area contributed by atoms with E-state index in [4.69, 9.17) is 0 Å². The Balaban J connectivity index is 1.86. The number of benzene rings is 4. The molecule has 0 atom stereocenters. The topological polar surface area (TPSA) is 74.6 Å². The average Bonchev–Trinajstić information content (AvgIpc) is 2.75. The zero-order chi connectivity index (χ0) is 20.4. The lowest BCUT2D eigenvalue weighted by Gasteiger charge is -2.12. The predicted octanol–water partition coefficient (Wildman–Crippen LogP) is 5.26. The van der Waals surface area contributed by atoms with Crippen LogP contribution in [0.5, 0.6) is 11.5 Å². The van der Waals surface area contributed by atoms with E-state index in [2.05, 4.69) is 0 Å². The smallest absolute Gasteiger partial charge is 0.213 e. The van der Waals surface area contributed by atoms with E-state index in [0.29, 0.717) is 11.1 Å². The molecule has 2 N–H and O–H groups in total. The quantitative estimate of drug-likeness (QED) is 0.488. The van der Waals surface area contributed by atoms with Crippen molar-refractivity contribution in [2.24, 2.45) is 0 Å². The maximum Gasteiger partial charge on any atom is 0.213 e. The Hall–Kier alpha value is -3.57. The summed E-state index contributed by atoms with van der Waals surface area (Å²) in [4.78, 5) is -0.501. The summed E-state index contributed by atoms with van der Waals surface area (Å²) in [6.45, 7) is 0. The maximum atomic E-state index is 13.3. The lowest BCUT2D eigenvalue weighted by atomic mass is 10.1. The van der Waals surface area contributed by atoms with Crippen LogP contribution in [0.1, 0.15) is 0 Å². The van der Waals surface area contributed by atoms with Gasteiger partial charge in [0.05, 0.1) is 0 Å². The van der Waals surface area contributed by atoms with Crippen LogP contribution in [0.4, 0.5) is 0 Å². The fourth-order valence-electron chi connectivity index (χ4n) is 3.20. The number of rotatable bonds is 4. The highest BCUT2D eigenvalue weighted by Crippen LogP contribution is 2.37. The molecule has 0 bridgehead atoms. The van der Waals surface area contributed by atoms with Crippen LogP contribution in [0.2, 0.25) is 0 Å². The number of hydrogen-bond acceptors (Lipinski definition) is 4. The fraction of sp³-hybridized carbons (Fsp3) is 0. The van der Waals surface area contributed by atoms with E-state index in [1.807, 2.05) is 60.7 Å². The molecule has 29 heavy (non-hydrogen) atoms. The lowest BCUT2D eigenvalue weighted by Crippen LogP contribution is -2.03. The Labute approximate surface area is 169 Å². The fourth-order valence-corrected chi connectivity index (χ4v) is 4.69. The van der Waals surface area contributed by atoms with Crippen LogP contribution in [0.3, 0.4) is 0 Å². The molecule has 0 amide bonds. The van der Waals surface area contributed by atoms with Crippen molar-refractivity contribution in [3.8, 4) is 33.8 Å². The first-order valence-electron chi connectivity index (χ1n) is 8.99. The summed E-state index contributed by atoms with van der Waals surface area (Å²) in [5.41, 5.74) is 2.96. The van der Waals surface area contributed by atoms with Gasteiger partial charge in [-0.25, -0.2) is 8.42 Å². The Morgan fingerprint density at radius 3 is 1.24 bits per heavy atom. The van der Waals surface area contributed by atoms with Gasteiger partial charge in [0.25, 0.3) is 0 Å². The number of phenols is 2. The molecule has 144 valence electrons. The van der Waals surface area contributed by atoms with E-state index < -0.39 is 9.84 Å². The van der Waals surface area contributed by atoms with E-state index in [-0.39, 0.29) is 21.3 Å². The third kappa shape index (κ3) is 3.60. The highest BCUT2D eigenvalue weighted by atomic mass is 32.2. The second-order valence-electron chi connectivity index (χ2n) is 6.60. The summed E-state index contributed by atoms with van der Waals surface area (Å²) in [5.74, 6) is -0.733. The Morgan fingerprint density at radius 1 is 0.483 bits per heavy atom. The largest absolute Gasteiger partial charge is 0.507 e. The molecule has 4 aromatic rings. The molecule has 0 radical (unpaired) electrons. The van der Waals surface area contributed by atoms with Gasteiger partial charge in [0, 0.05) is 0 Å². The minimum atomic E-state index is -4.16. The molecule has 0 unspecified atom stereocenters. The number of aromatic hydroxyl groups is 2. The lowest BCUT2D eigenvalue weighted by molar-refractivity contribution is 0.453. The average molecular weight is 402 g/mol. The van der Waals surface area contributed by atoms with Crippen LogP contribution < -0.4 is 0 Å². The van der Waals surface area contributed by atoms with Gasteiger partial charge in [-0.15, -0.1) is 0 Å². The maximum absolute atomic E-state index is 13.3. The molecule has 0 fully saturated rings. The molecule has 0 heterocycles. The summed E-state index contributed by atoms with van der Waals surface area (Å²) in [7, 11) is -4.16. The number of hydrogen-bond donors (Lipinski definition) is 2. The van der Waals surface area contributed by atoms with Gasteiger partial charge in [-0.1, -0.05) is 72.8 Å². The minimum absolute atomic E-state index is 0.251. The standard InChI is InChI=1S/C24H18O4S/c25-21-13-11-19(17-7-3-1-4-8-17)15-23(21)29(27,28)24-16-20(12-14-22(24)26)18-9-5-2-6-10-18/h1-16,25-26H. The van der Waals surface area contributed by atoms with Crippen LogP contribution in [0.25, 0.3) is 22.3 Å². The molecule has 0 aliphatic rings. The summed E-state index contributed by atoms with van der Waals surface area (Å²) in [6, 6.07) is 27.5. The molecule has 4 rings (SSSR count). The van der Waals surface area contributed by atoms with Crippen LogP contribution in [-0.2, 0) is 9.84 Å². The Bertz CT molecular complexity index is 1170. The van der Waals surface area contributed by atoms with Crippen LogP contribution in [0, 0.1) is 0 Å². The summed E-state index contributed by atoms with van der Waals surface area (Å²) in [5, 5.41) is 20.6. The molecular formula is C24H18O4S. The van der Waals surface area contributed by atoms with E-state index >= 15 is 0 Å². The van der Waals surface area contributed by atoms with Crippen molar-refractivity contribution in [1.82, 2.24) is 0 Å². The number of phenolic OH excluding ortho intramolecular Hbond substituents is 2. The van der Waals surface area contributed by atoms with E-state index in [9.17, 15) is 18.6 Å². The van der Waals surface area contributed by atoms with E-state index in [1.165, 1.54) is 24.3 Å². The minimum Gasteiger partial charge on any atom is -0.507 e.